The normalized spacial score (nSPS) is 31.7. The molecule has 2 aliphatic heterocycles. The van der Waals surface area contributed by atoms with Crippen LogP contribution in [0.15, 0.2) is 0 Å². The summed E-state index contributed by atoms with van der Waals surface area (Å²) in [6.07, 6.45) is 4.28. The van der Waals surface area contributed by atoms with Crippen LogP contribution in [0.2, 0.25) is 0 Å². The summed E-state index contributed by atoms with van der Waals surface area (Å²) in [6, 6.07) is 1.07. The van der Waals surface area contributed by atoms with Crippen molar-refractivity contribution in [1.82, 2.24) is 9.80 Å². The van der Waals surface area contributed by atoms with Crippen LogP contribution in [0.1, 0.15) is 39.5 Å². The molecule has 86 valence electrons. The van der Waals surface area contributed by atoms with E-state index in [1.807, 2.05) is 0 Å². The largest absolute Gasteiger partial charge is 0.337 e. The Morgan fingerprint density at radius 2 is 2.20 bits per heavy atom. The number of carbonyl (C=O) groups is 1. The molecule has 0 aromatic carbocycles. The van der Waals surface area contributed by atoms with Gasteiger partial charge in [-0.15, -0.1) is 0 Å². The Balaban J connectivity index is 1.97. The number of piperazine rings is 1. The summed E-state index contributed by atoms with van der Waals surface area (Å²) in [7, 11) is 0. The fourth-order valence-electron chi connectivity index (χ4n) is 2.89. The van der Waals surface area contributed by atoms with E-state index in [1.54, 1.807) is 0 Å². The molecule has 15 heavy (non-hydrogen) atoms. The zero-order chi connectivity index (χ0) is 10.8. The molecule has 2 aliphatic rings. The molecule has 0 spiro atoms. The third-order valence-electron chi connectivity index (χ3n) is 3.72. The van der Waals surface area contributed by atoms with Crippen molar-refractivity contribution in [2.75, 3.05) is 19.6 Å². The summed E-state index contributed by atoms with van der Waals surface area (Å²) in [5.41, 5.74) is 0. The summed E-state index contributed by atoms with van der Waals surface area (Å²) in [5.74, 6) is 0.358. The van der Waals surface area contributed by atoms with Gasteiger partial charge in [0.05, 0.1) is 0 Å². The molecule has 2 unspecified atom stereocenters. The second-order valence-corrected chi connectivity index (χ2v) is 4.94. The first-order valence-electron chi connectivity index (χ1n) is 6.26. The maximum atomic E-state index is 11.9. The first-order valence-corrected chi connectivity index (χ1v) is 6.26. The highest BCUT2D eigenvalue weighted by Gasteiger charge is 2.35. The van der Waals surface area contributed by atoms with Gasteiger partial charge in [-0.05, 0) is 32.7 Å². The minimum Gasteiger partial charge on any atom is -0.337 e. The lowest BCUT2D eigenvalue weighted by atomic mass is 10.1. The molecular weight excluding hydrogens is 188 g/mol. The van der Waals surface area contributed by atoms with Crippen LogP contribution >= 0.6 is 0 Å². The molecule has 0 saturated carbocycles. The second-order valence-electron chi connectivity index (χ2n) is 4.94. The quantitative estimate of drug-likeness (QED) is 0.689. The van der Waals surface area contributed by atoms with Crippen molar-refractivity contribution in [2.45, 2.75) is 51.6 Å². The van der Waals surface area contributed by atoms with Crippen molar-refractivity contribution in [3.63, 3.8) is 0 Å². The molecule has 2 fully saturated rings. The highest BCUT2D eigenvalue weighted by Crippen LogP contribution is 2.24. The van der Waals surface area contributed by atoms with Gasteiger partial charge in [0.1, 0.15) is 0 Å². The second kappa shape index (κ2) is 4.52. The standard InChI is InChI=1S/C12H22N2O/c1-3-5-12(15)14-9-11-6-4-7-13(11)8-10(14)2/h10-11H,3-9H2,1-2H3. The molecule has 0 bridgehead atoms. The summed E-state index contributed by atoms with van der Waals surface area (Å²) >= 11 is 0. The van der Waals surface area contributed by atoms with Crippen LogP contribution in [0.4, 0.5) is 0 Å². The van der Waals surface area contributed by atoms with Crippen LogP contribution in [0.3, 0.4) is 0 Å². The molecule has 3 heteroatoms. The Bertz CT molecular complexity index is 242. The lowest BCUT2D eigenvalue weighted by Crippen LogP contribution is -2.56. The van der Waals surface area contributed by atoms with Crippen molar-refractivity contribution in [3.8, 4) is 0 Å². The van der Waals surface area contributed by atoms with E-state index in [4.69, 9.17) is 0 Å². The molecule has 2 saturated heterocycles. The Kier molecular flexibility index (Phi) is 3.29. The Hall–Kier alpha value is -0.570. The molecule has 0 radical (unpaired) electrons. The molecule has 0 N–H and O–H groups in total. The van der Waals surface area contributed by atoms with Crippen molar-refractivity contribution < 1.29 is 4.79 Å². The zero-order valence-corrected chi connectivity index (χ0v) is 9.91. The van der Waals surface area contributed by atoms with Gasteiger partial charge in [0.25, 0.3) is 0 Å². The van der Waals surface area contributed by atoms with Gasteiger partial charge < -0.3 is 4.90 Å². The van der Waals surface area contributed by atoms with E-state index in [2.05, 4.69) is 23.6 Å². The predicted molar refractivity (Wildman–Crippen MR) is 60.7 cm³/mol. The van der Waals surface area contributed by atoms with E-state index in [0.717, 1.165) is 25.9 Å². The average Bonchev–Trinajstić information content (AvgIpc) is 2.63. The fourth-order valence-corrected chi connectivity index (χ4v) is 2.89. The predicted octanol–water partition coefficient (Wildman–Crippen LogP) is 1.48. The summed E-state index contributed by atoms with van der Waals surface area (Å²) in [5, 5.41) is 0. The maximum Gasteiger partial charge on any atom is 0.222 e. The summed E-state index contributed by atoms with van der Waals surface area (Å²) < 4.78 is 0. The SMILES string of the molecule is CCCC(=O)N1CC2CCCN2CC1C. The van der Waals surface area contributed by atoms with Gasteiger partial charge in [-0.3, -0.25) is 9.69 Å². The van der Waals surface area contributed by atoms with E-state index >= 15 is 0 Å². The Labute approximate surface area is 92.4 Å². The average molecular weight is 210 g/mol. The van der Waals surface area contributed by atoms with Gasteiger partial charge in [0.15, 0.2) is 0 Å². The molecule has 1 amide bonds. The Morgan fingerprint density at radius 3 is 2.93 bits per heavy atom. The van der Waals surface area contributed by atoms with Crippen LogP contribution in [0, 0.1) is 0 Å². The van der Waals surface area contributed by atoms with Gasteiger partial charge in [-0.25, -0.2) is 0 Å². The summed E-state index contributed by atoms with van der Waals surface area (Å²) in [4.78, 5) is 16.6. The molecule has 0 aliphatic carbocycles. The van der Waals surface area contributed by atoms with Crippen molar-refractivity contribution in [3.05, 3.63) is 0 Å². The van der Waals surface area contributed by atoms with Gasteiger partial charge in [-0.2, -0.15) is 0 Å². The fraction of sp³-hybridized carbons (Fsp3) is 0.917. The highest BCUT2D eigenvalue weighted by atomic mass is 16.2. The number of amides is 1. The first kappa shape index (κ1) is 10.9. The third-order valence-corrected chi connectivity index (χ3v) is 3.72. The van der Waals surface area contributed by atoms with Gasteiger partial charge >= 0.3 is 0 Å². The highest BCUT2D eigenvalue weighted by molar-refractivity contribution is 5.76. The molecule has 3 nitrogen and oxygen atoms in total. The molecule has 2 rings (SSSR count). The van der Waals surface area contributed by atoms with Crippen molar-refractivity contribution >= 4 is 5.91 Å². The lowest BCUT2D eigenvalue weighted by Gasteiger charge is -2.42. The van der Waals surface area contributed by atoms with Gasteiger partial charge in [-0.1, -0.05) is 6.92 Å². The van der Waals surface area contributed by atoms with E-state index in [9.17, 15) is 4.79 Å². The van der Waals surface area contributed by atoms with Crippen LogP contribution in [0.5, 0.6) is 0 Å². The lowest BCUT2D eigenvalue weighted by molar-refractivity contribution is -0.136. The molecule has 0 aromatic rings. The monoisotopic (exact) mass is 210 g/mol. The van der Waals surface area contributed by atoms with E-state index in [1.165, 1.54) is 19.4 Å². The zero-order valence-electron chi connectivity index (χ0n) is 9.91. The minimum absolute atomic E-state index is 0.358. The number of carbonyl (C=O) groups excluding carboxylic acids is 1. The molecule has 2 atom stereocenters. The Morgan fingerprint density at radius 1 is 1.40 bits per heavy atom. The smallest absolute Gasteiger partial charge is 0.222 e. The molecule has 0 aromatic heterocycles. The van der Waals surface area contributed by atoms with Crippen LogP contribution < -0.4 is 0 Å². The topological polar surface area (TPSA) is 23.6 Å². The molecular formula is C12H22N2O. The number of fused-ring (bicyclic) bond motifs is 1. The van der Waals surface area contributed by atoms with Crippen LogP contribution in [-0.4, -0.2) is 47.4 Å². The van der Waals surface area contributed by atoms with Crippen molar-refractivity contribution in [1.29, 1.82) is 0 Å². The number of hydrogen-bond acceptors (Lipinski definition) is 2. The first-order chi connectivity index (χ1) is 7.22. The number of hydrogen-bond donors (Lipinski definition) is 0. The number of nitrogens with zero attached hydrogens (tertiary/aromatic N) is 2. The van der Waals surface area contributed by atoms with Gasteiger partial charge in [0.2, 0.25) is 5.91 Å². The van der Waals surface area contributed by atoms with Gasteiger partial charge in [0, 0.05) is 31.6 Å². The minimum atomic E-state index is 0.358. The van der Waals surface area contributed by atoms with Crippen molar-refractivity contribution in [2.24, 2.45) is 0 Å². The maximum absolute atomic E-state index is 11.9. The summed E-state index contributed by atoms with van der Waals surface area (Å²) in [6.45, 7) is 7.56. The molecule has 2 heterocycles. The third kappa shape index (κ3) is 2.17. The van der Waals surface area contributed by atoms with E-state index in [-0.39, 0.29) is 0 Å². The van der Waals surface area contributed by atoms with E-state index in [0.29, 0.717) is 18.0 Å². The van der Waals surface area contributed by atoms with E-state index < -0.39 is 0 Å². The number of rotatable bonds is 2. The van der Waals surface area contributed by atoms with Crippen LogP contribution in [-0.2, 0) is 4.79 Å². The van der Waals surface area contributed by atoms with Crippen LogP contribution in [0.25, 0.3) is 0 Å².